The molecule has 3 rings (SSSR count). The van der Waals surface area contributed by atoms with E-state index in [2.05, 4.69) is 22.4 Å². The number of hydrogen-bond acceptors (Lipinski definition) is 5. The molecule has 1 aromatic heterocycles. The molecule has 0 amide bonds. The Morgan fingerprint density at radius 2 is 2.00 bits per heavy atom. The molecule has 98 valence electrons. The van der Waals surface area contributed by atoms with Crippen molar-refractivity contribution < 1.29 is 9.47 Å². The SMILES string of the molecule is CCCNc1ccc(-c2ccc3c(c2)OCO3)nn1. The molecular weight excluding hydrogens is 242 g/mol. The van der Waals surface area contributed by atoms with E-state index < -0.39 is 0 Å². The van der Waals surface area contributed by atoms with Crippen LogP contribution < -0.4 is 14.8 Å². The van der Waals surface area contributed by atoms with Gasteiger partial charge in [0, 0.05) is 12.1 Å². The maximum atomic E-state index is 5.35. The fraction of sp³-hybridized carbons (Fsp3) is 0.286. The molecule has 0 saturated carbocycles. The number of aromatic nitrogens is 2. The van der Waals surface area contributed by atoms with Crippen molar-refractivity contribution in [3.63, 3.8) is 0 Å². The lowest BCUT2D eigenvalue weighted by molar-refractivity contribution is 0.174. The third-order valence-corrected chi connectivity index (χ3v) is 2.89. The Morgan fingerprint density at radius 1 is 1.11 bits per heavy atom. The maximum Gasteiger partial charge on any atom is 0.231 e. The average molecular weight is 257 g/mol. The van der Waals surface area contributed by atoms with Crippen LogP contribution in [-0.4, -0.2) is 23.5 Å². The van der Waals surface area contributed by atoms with Crippen molar-refractivity contribution in [1.82, 2.24) is 10.2 Å². The largest absolute Gasteiger partial charge is 0.454 e. The molecule has 0 radical (unpaired) electrons. The van der Waals surface area contributed by atoms with Crippen molar-refractivity contribution in [3.8, 4) is 22.8 Å². The van der Waals surface area contributed by atoms with E-state index in [0.717, 1.165) is 41.5 Å². The van der Waals surface area contributed by atoms with Gasteiger partial charge in [-0.2, -0.15) is 0 Å². The number of nitrogens with one attached hydrogen (secondary N) is 1. The first-order valence-corrected chi connectivity index (χ1v) is 6.34. The van der Waals surface area contributed by atoms with Crippen LogP contribution in [0.2, 0.25) is 0 Å². The van der Waals surface area contributed by atoms with Crippen LogP contribution in [0, 0.1) is 0 Å². The Kier molecular flexibility index (Phi) is 3.18. The molecule has 0 fully saturated rings. The average Bonchev–Trinajstić information content (AvgIpc) is 2.93. The Balaban J connectivity index is 1.82. The molecule has 0 bridgehead atoms. The standard InChI is InChI=1S/C14H15N3O2/c1-2-7-15-14-6-4-11(16-17-14)10-3-5-12-13(8-10)19-9-18-12/h3-6,8H,2,7,9H2,1H3,(H,15,17). The van der Waals surface area contributed by atoms with E-state index in [0.29, 0.717) is 0 Å². The smallest absolute Gasteiger partial charge is 0.231 e. The second-order valence-electron chi connectivity index (χ2n) is 4.30. The molecule has 0 spiro atoms. The molecule has 2 heterocycles. The minimum absolute atomic E-state index is 0.282. The number of hydrogen-bond donors (Lipinski definition) is 1. The first-order valence-electron chi connectivity index (χ1n) is 6.34. The molecule has 1 aliphatic rings. The zero-order valence-corrected chi connectivity index (χ0v) is 10.7. The summed E-state index contributed by atoms with van der Waals surface area (Å²) in [6.45, 7) is 3.30. The van der Waals surface area contributed by atoms with Gasteiger partial charge in [-0.1, -0.05) is 6.92 Å². The van der Waals surface area contributed by atoms with E-state index in [1.54, 1.807) is 0 Å². The van der Waals surface area contributed by atoms with E-state index in [1.165, 1.54) is 0 Å². The molecule has 0 saturated heterocycles. The van der Waals surface area contributed by atoms with Gasteiger partial charge in [-0.05, 0) is 36.8 Å². The molecule has 5 nitrogen and oxygen atoms in total. The molecule has 1 aliphatic heterocycles. The third kappa shape index (κ3) is 2.45. The Labute approximate surface area is 111 Å². The van der Waals surface area contributed by atoms with E-state index in [1.807, 2.05) is 30.3 Å². The number of anilines is 1. The molecular formula is C14H15N3O2. The summed E-state index contributed by atoms with van der Waals surface area (Å²) in [5.41, 5.74) is 1.79. The Hall–Kier alpha value is -2.30. The molecule has 1 N–H and O–H groups in total. The van der Waals surface area contributed by atoms with Gasteiger partial charge < -0.3 is 14.8 Å². The summed E-state index contributed by atoms with van der Waals surface area (Å²) in [6, 6.07) is 9.65. The first-order chi connectivity index (χ1) is 9.36. The van der Waals surface area contributed by atoms with Crippen LogP contribution in [0.1, 0.15) is 13.3 Å². The summed E-state index contributed by atoms with van der Waals surface area (Å²) >= 11 is 0. The van der Waals surface area contributed by atoms with Gasteiger partial charge in [0.2, 0.25) is 6.79 Å². The summed E-state index contributed by atoms with van der Waals surface area (Å²) in [7, 11) is 0. The number of benzene rings is 1. The van der Waals surface area contributed by atoms with E-state index in [-0.39, 0.29) is 6.79 Å². The normalized spacial score (nSPS) is 12.5. The van der Waals surface area contributed by atoms with Crippen molar-refractivity contribution >= 4 is 5.82 Å². The van der Waals surface area contributed by atoms with E-state index in [9.17, 15) is 0 Å². The molecule has 2 aromatic rings. The molecule has 0 unspecified atom stereocenters. The molecule has 1 aromatic carbocycles. The van der Waals surface area contributed by atoms with Crippen molar-refractivity contribution in [1.29, 1.82) is 0 Å². The van der Waals surface area contributed by atoms with Gasteiger partial charge >= 0.3 is 0 Å². The number of fused-ring (bicyclic) bond motifs is 1. The quantitative estimate of drug-likeness (QED) is 0.912. The van der Waals surface area contributed by atoms with Crippen molar-refractivity contribution in [2.24, 2.45) is 0 Å². The highest BCUT2D eigenvalue weighted by Gasteiger charge is 2.14. The molecule has 0 aliphatic carbocycles. The highest BCUT2D eigenvalue weighted by atomic mass is 16.7. The summed E-state index contributed by atoms with van der Waals surface area (Å²) in [6.07, 6.45) is 1.06. The highest BCUT2D eigenvalue weighted by molar-refractivity contribution is 5.64. The van der Waals surface area contributed by atoms with Crippen LogP contribution >= 0.6 is 0 Å². The highest BCUT2D eigenvalue weighted by Crippen LogP contribution is 2.35. The first kappa shape index (κ1) is 11.8. The third-order valence-electron chi connectivity index (χ3n) is 2.89. The van der Waals surface area contributed by atoms with Crippen LogP contribution in [0.25, 0.3) is 11.3 Å². The van der Waals surface area contributed by atoms with Crippen LogP contribution in [0.15, 0.2) is 30.3 Å². The summed E-state index contributed by atoms with van der Waals surface area (Å²) in [5, 5.41) is 11.6. The maximum absolute atomic E-state index is 5.35. The molecule has 0 atom stereocenters. The lowest BCUT2D eigenvalue weighted by atomic mass is 10.1. The summed E-state index contributed by atoms with van der Waals surface area (Å²) in [5.74, 6) is 2.33. The lowest BCUT2D eigenvalue weighted by Gasteiger charge is -2.05. The summed E-state index contributed by atoms with van der Waals surface area (Å²) in [4.78, 5) is 0. The van der Waals surface area contributed by atoms with Gasteiger partial charge in [-0.3, -0.25) is 0 Å². The minimum Gasteiger partial charge on any atom is -0.454 e. The predicted molar refractivity (Wildman–Crippen MR) is 72.4 cm³/mol. The van der Waals surface area contributed by atoms with Gasteiger partial charge in [0.25, 0.3) is 0 Å². The van der Waals surface area contributed by atoms with Crippen LogP contribution in [0.5, 0.6) is 11.5 Å². The van der Waals surface area contributed by atoms with Gasteiger partial charge in [0.15, 0.2) is 11.5 Å². The van der Waals surface area contributed by atoms with Gasteiger partial charge in [-0.15, -0.1) is 10.2 Å². The molecule has 5 heteroatoms. The topological polar surface area (TPSA) is 56.3 Å². The van der Waals surface area contributed by atoms with Gasteiger partial charge in [-0.25, -0.2) is 0 Å². The monoisotopic (exact) mass is 257 g/mol. The second-order valence-corrected chi connectivity index (χ2v) is 4.30. The minimum atomic E-state index is 0.282. The number of ether oxygens (including phenoxy) is 2. The van der Waals surface area contributed by atoms with Crippen molar-refractivity contribution in [2.75, 3.05) is 18.7 Å². The Morgan fingerprint density at radius 3 is 2.79 bits per heavy atom. The summed E-state index contributed by atoms with van der Waals surface area (Å²) < 4.78 is 10.6. The second kappa shape index (κ2) is 5.14. The van der Waals surface area contributed by atoms with Gasteiger partial charge in [0.1, 0.15) is 5.82 Å². The zero-order valence-electron chi connectivity index (χ0n) is 10.7. The van der Waals surface area contributed by atoms with Crippen molar-refractivity contribution in [2.45, 2.75) is 13.3 Å². The predicted octanol–water partition coefficient (Wildman–Crippen LogP) is 2.69. The fourth-order valence-corrected chi connectivity index (χ4v) is 1.89. The number of nitrogens with zero attached hydrogens (tertiary/aromatic N) is 2. The fourth-order valence-electron chi connectivity index (χ4n) is 1.89. The van der Waals surface area contributed by atoms with Crippen LogP contribution in [0.3, 0.4) is 0 Å². The molecule has 19 heavy (non-hydrogen) atoms. The van der Waals surface area contributed by atoms with Crippen LogP contribution in [0.4, 0.5) is 5.82 Å². The zero-order chi connectivity index (χ0) is 13.1. The lowest BCUT2D eigenvalue weighted by Crippen LogP contribution is -2.02. The van der Waals surface area contributed by atoms with Crippen LogP contribution in [-0.2, 0) is 0 Å². The van der Waals surface area contributed by atoms with Gasteiger partial charge in [0.05, 0.1) is 5.69 Å². The van der Waals surface area contributed by atoms with E-state index in [4.69, 9.17) is 9.47 Å². The number of rotatable bonds is 4. The van der Waals surface area contributed by atoms with Crippen molar-refractivity contribution in [3.05, 3.63) is 30.3 Å². The van der Waals surface area contributed by atoms with E-state index >= 15 is 0 Å². The Bertz CT molecular complexity index is 569.